The Bertz CT molecular complexity index is 1580. The zero-order valence-corrected chi connectivity index (χ0v) is 32.0. The predicted molar refractivity (Wildman–Crippen MR) is 203 cm³/mol. The molecular weight excluding hydrogens is 635 g/mol. The molecule has 7 nitrogen and oxygen atoms in total. The van der Waals surface area contributed by atoms with Crippen molar-refractivity contribution in [2.75, 3.05) is 26.2 Å². The van der Waals surface area contributed by atoms with E-state index in [0.29, 0.717) is 48.1 Å². The molecule has 9 unspecified atom stereocenters. The Balaban J connectivity index is 1.07. The summed E-state index contributed by atoms with van der Waals surface area (Å²) in [4.78, 5) is 38.5. The van der Waals surface area contributed by atoms with Gasteiger partial charge in [0.25, 0.3) is 0 Å². The van der Waals surface area contributed by atoms with Gasteiger partial charge < -0.3 is 20.6 Å². The van der Waals surface area contributed by atoms with E-state index in [1.807, 2.05) is 17.0 Å². The minimum absolute atomic E-state index is 0.00419. The Kier molecular flexibility index (Phi) is 9.31. The number of carboxylic acid groups (broad SMARTS) is 1. The third-order valence-corrected chi connectivity index (χ3v) is 16.6. The molecule has 7 heteroatoms. The molecule has 1 heterocycles. The van der Waals surface area contributed by atoms with Crippen LogP contribution in [-0.2, 0) is 4.79 Å². The van der Waals surface area contributed by atoms with Crippen LogP contribution in [-0.4, -0.2) is 54.1 Å². The number of rotatable bonds is 9. The van der Waals surface area contributed by atoms with Gasteiger partial charge in [-0.05, 0) is 151 Å². The molecule has 0 aromatic heterocycles. The van der Waals surface area contributed by atoms with Crippen molar-refractivity contribution in [3.8, 4) is 0 Å². The van der Waals surface area contributed by atoms with Gasteiger partial charge in [-0.15, -0.1) is 6.58 Å². The minimum atomic E-state index is -0.875. The number of hydrogen-bond donors (Lipinski definition) is 3. The molecule has 3 amide bonds. The van der Waals surface area contributed by atoms with Gasteiger partial charge in [0.2, 0.25) is 5.91 Å². The highest BCUT2D eigenvalue weighted by atomic mass is 16.4. The highest BCUT2D eigenvalue weighted by Crippen LogP contribution is 2.77. The largest absolute Gasteiger partial charge is 0.478 e. The molecule has 1 saturated heterocycles. The second kappa shape index (κ2) is 13.1. The molecule has 1 aromatic rings. The third-order valence-electron chi connectivity index (χ3n) is 16.6. The molecule has 1 aromatic carbocycles. The molecule has 0 spiro atoms. The van der Waals surface area contributed by atoms with Crippen LogP contribution in [0.1, 0.15) is 128 Å². The Morgan fingerprint density at radius 2 is 1.71 bits per heavy atom. The van der Waals surface area contributed by atoms with E-state index in [-0.39, 0.29) is 39.0 Å². The zero-order valence-electron chi connectivity index (χ0n) is 32.0. The van der Waals surface area contributed by atoms with E-state index in [0.717, 1.165) is 57.3 Å². The summed E-state index contributed by atoms with van der Waals surface area (Å²) in [5.41, 5.74) is 3.69. The van der Waals surface area contributed by atoms with E-state index in [9.17, 15) is 19.5 Å². The van der Waals surface area contributed by atoms with Crippen molar-refractivity contribution in [3.63, 3.8) is 0 Å². The fraction of sp³-hybridized carbons (Fsp3) is 0.705. The van der Waals surface area contributed by atoms with Crippen LogP contribution in [0.25, 0.3) is 5.57 Å². The molecule has 1 aliphatic heterocycles. The molecule has 4 saturated carbocycles. The Hall–Kier alpha value is -3.09. The Morgan fingerprint density at radius 3 is 2.39 bits per heavy atom. The van der Waals surface area contributed by atoms with Crippen molar-refractivity contribution >= 4 is 23.5 Å². The lowest BCUT2D eigenvalue weighted by atomic mass is 9.32. The van der Waals surface area contributed by atoms with Crippen molar-refractivity contribution in [1.29, 1.82) is 0 Å². The van der Waals surface area contributed by atoms with Gasteiger partial charge in [-0.3, -0.25) is 4.79 Å². The van der Waals surface area contributed by atoms with Crippen molar-refractivity contribution in [3.05, 3.63) is 54.1 Å². The van der Waals surface area contributed by atoms with Gasteiger partial charge in [0.15, 0.2) is 0 Å². The van der Waals surface area contributed by atoms with Crippen molar-refractivity contribution in [1.82, 2.24) is 15.5 Å². The number of urea groups is 1. The lowest BCUT2D eigenvalue weighted by molar-refractivity contribution is -0.224. The first-order valence-electron chi connectivity index (χ1n) is 20.2. The van der Waals surface area contributed by atoms with Crippen molar-refractivity contribution in [2.45, 2.75) is 112 Å². The topological polar surface area (TPSA) is 98.7 Å². The molecule has 278 valence electrons. The number of fused-ring (bicyclic) bond motifs is 7. The first-order chi connectivity index (χ1) is 24.2. The number of nitrogens with one attached hydrogen (secondary N) is 2. The predicted octanol–water partition coefficient (Wildman–Crippen LogP) is 8.96. The third kappa shape index (κ3) is 5.69. The fourth-order valence-corrected chi connectivity index (χ4v) is 14.0. The Labute approximate surface area is 306 Å². The second-order valence-electron chi connectivity index (χ2n) is 18.9. The van der Waals surface area contributed by atoms with E-state index in [1.165, 1.54) is 44.1 Å². The summed E-state index contributed by atoms with van der Waals surface area (Å²) in [6.45, 7) is 20.1. The van der Waals surface area contributed by atoms with Crippen LogP contribution in [0, 0.1) is 56.7 Å². The number of hydrogen-bond acceptors (Lipinski definition) is 3. The summed E-state index contributed by atoms with van der Waals surface area (Å²) < 4.78 is 0. The van der Waals surface area contributed by atoms with Gasteiger partial charge in [0.1, 0.15) is 0 Å². The van der Waals surface area contributed by atoms with Crippen LogP contribution in [0.3, 0.4) is 0 Å². The number of carbonyl (C=O) groups excluding carboxylic acids is 2. The molecule has 6 aliphatic rings. The van der Waals surface area contributed by atoms with Crippen LogP contribution < -0.4 is 10.6 Å². The van der Waals surface area contributed by atoms with Crippen LogP contribution in [0.2, 0.25) is 0 Å². The number of nitrogens with zero attached hydrogens (tertiary/aromatic N) is 1. The maximum Gasteiger partial charge on any atom is 0.335 e. The van der Waals surface area contributed by atoms with Crippen molar-refractivity contribution in [2.24, 2.45) is 56.7 Å². The maximum absolute atomic E-state index is 13.1. The first-order valence-corrected chi connectivity index (χ1v) is 20.2. The van der Waals surface area contributed by atoms with Crippen molar-refractivity contribution < 1.29 is 19.5 Å². The number of benzene rings is 1. The minimum Gasteiger partial charge on any atom is -0.478 e. The normalized spacial score (nSPS) is 39.5. The summed E-state index contributed by atoms with van der Waals surface area (Å²) in [6, 6.07) is 7.48. The second-order valence-corrected chi connectivity index (χ2v) is 18.9. The number of allylic oxidation sites excluding steroid dienone is 3. The highest BCUT2D eigenvalue weighted by molar-refractivity contribution is 5.88. The van der Waals surface area contributed by atoms with Crippen LogP contribution >= 0.6 is 0 Å². The van der Waals surface area contributed by atoms with Gasteiger partial charge >= 0.3 is 12.0 Å². The summed E-state index contributed by atoms with van der Waals surface area (Å²) >= 11 is 0. The molecule has 7 rings (SSSR count). The number of carbonyl (C=O) groups is 3. The van der Waals surface area contributed by atoms with Gasteiger partial charge in [-0.1, -0.05) is 58.9 Å². The molecule has 0 bridgehead atoms. The first kappa shape index (κ1) is 36.3. The van der Waals surface area contributed by atoms with Crippen LogP contribution in [0.15, 0.2) is 43.0 Å². The SMILES string of the molecule is C=CC1CCC2(CNC(=O)NCCCN3CCCC3=O)CCC3(C)C(CCC4C5(C)CC=C(c6ccc(C(=O)O)cc6)C(C)(C)C5CCC43C)C12. The fourth-order valence-electron chi connectivity index (χ4n) is 14.0. The molecule has 0 radical (unpaired) electrons. The van der Waals surface area contributed by atoms with E-state index >= 15 is 0 Å². The quantitative estimate of drug-likeness (QED) is 0.177. The standard InChI is InChI=1S/C44H63N3O4/c1-7-29-17-22-44(28-46-39(51)45-25-9-27-47-26-8-10-36(47)48)24-23-42(5)33(37(29)44)15-16-35-41(4)20-18-32(30-11-13-31(14-12-30)38(49)50)40(2,3)34(41)19-21-43(35,42)6/h7,11-14,18,29,33-35,37H,1,8-10,15-17,19-28H2,2-6H3,(H,49,50)(H2,45,46,51). The van der Waals surface area contributed by atoms with Gasteiger partial charge in [0, 0.05) is 32.6 Å². The van der Waals surface area contributed by atoms with Gasteiger partial charge in [-0.25, -0.2) is 9.59 Å². The average Bonchev–Trinajstić information content (AvgIpc) is 3.68. The monoisotopic (exact) mass is 697 g/mol. The highest BCUT2D eigenvalue weighted by Gasteiger charge is 2.70. The van der Waals surface area contributed by atoms with E-state index in [2.05, 4.69) is 64.0 Å². The number of likely N-dealkylation sites (tertiary alicyclic amines) is 1. The maximum atomic E-state index is 13.1. The molecule has 51 heavy (non-hydrogen) atoms. The van der Waals surface area contributed by atoms with Gasteiger partial charge in [-0.2, -0.15) is 0 Å². The molecule has 5 aliphatic carbocycles. The van der Waals surface area contributed by atoms with E-state index < -0.39 is 5.97 Å². The number of aromatic carboxylic acids is 1. The summed E-state index contributed by atoms with van der Waals surface area (Å²) in [7, 11) is 0. The zero-order chi connectivity index (χ0) is 36.4. The lowest BCUT2D eigenvalue weighted by Crippen LogP contribution is -2.66. The van der Waals surface area contributed by atoms with Gasteiger partial charge in [0.05, 0.1) is 5.56 Å². The summed E-state index contributed by atoms with van der Waals surface area (Å²) in [5, 5.41) is 15.9. The van der Waals surface area contributed by atoms with Crippen LogP contribution in [0.4, 0.5) is 4.79 Å². The van der Waals surface area contributed by atoms with Crippen LogP contribution in [0.5, 0.6) is 0 Å². The molecule has 9 atom stereocenters. The lowest BCUT2D eigenvalue weighted by Gasteiger charge is -2.72. The number of amides is 3. The molecular formula is C44H63N3O4. The average molecular weight is 698 g/mol. The van der Waals surface area contributed by atoms with E-state index in [1.54, 1.807) is 12.1 Å². The Morgan fingerprint density at radius 1 is 0.941 bits per heavy atom. The molecule has 5 fully saturated rings. The molecule has 3 N–H and O–H groups in total. The number of carboxylic acids is 1. The summed E-state index contributed by atoms with van der Waals surface area (Å²) in [6.07, 6.45) is 18.0. The van der Waals surface area contributed by atoms with E-state index in [4.69, 9.17) is 0 Å². The smallest absolute Gasteiger partial charge is 0.335 e. The summed E-state index contributed by atoms with van der Waals surface area (Å²) in [5.74, 6) is 2.24.